The molecule has 2 saturated heterocycles. The van der Waals surface area contributed by atoms with Crippen LogP contribution in [0.25, 0.3) is 0 Å². The molecule has 0 radical (unpaired) electrons. The highest BCUT2D eigenvalue weighted by Crippen LogP contribution is 2.40. The van der Waals surface area contributed by atoms with Gasteiger partial charge in [0, 0.05) is 38.8 Å². The summed E-state index contributed by atoms with van der Waals surface area (Å²) in [6.07, 6.45) is 2.76. The average molecular weight is 475 g/mol. The molecule has 1 aromatic rings. The van der Waals surface area contributed by atoms with Crippen molar-refractivity contribution in [1.82, 2.24) is 15.1 Å². The van der Waals surface area contributed by atoms with Crippen molar-refractivity contribution in [2.75, 3.05) is 38.6 Å². The van der Waals surface area contributed by atoms with Gasteiger partial charge in [-0.25, -0.2) is 4.79 Å². The summed E-state index contributed by atoms with van der Waals surface area (Å²) < 4.78 is 4.73. The number of aryl methyl sites for hydroxylation is 2. The quantitative estimate of drug-likeness (QED) is 0.500. The first-order chi connectivity index (χ1) is 15.6. The summed E-state index contributed by atoms with van der Waals surface area (Å²) in [5.41, 5.74) is 3.48. The van der Waals surface area contributed by atoms with Crippen LogP contribution in [-0.2, 0) is 19.1 Å². The van der Waals surface area contributed by atoms with Gasteiger partial charge in [0.05, 0.1) is 13.5 Å². The molecule has 2 amide bonds. The Morgan fingerprint density at radius 3 is 2.18 bits per heavy atom. The average Bonchev–Trinajstić information content (AvgIpc) is 3.15. The number of benzene rings is 1. The topological polar surface area (TPSA) is 91.0 Å². The molecule has 1 aromatic carbocycles. The van der Waals surface area contributed by atoms with Gasteiger partial charge in [0.1, 0.15) is 6.04 Å². The maximum atomic E-state index is 12.8. The van der Waals surface area contributed by atoms with Crippen LogP contribution in [0.15, 0.2) is 18.2 Å². The molecule has 8 nitrogen and oxygen atoms in total. The molecule has 2 heterocycles. The van der Waals surface area contributed by atoms with E-state index in [1.807, 2.05) is 4.90 Å². The van der Waals surface area contributed by atoms with Gasteiger partial charge >= 0.3 is 5.97 Å². The maximum absolute atomic E-state index is 12.8. The number of carbonyl (C=O) groups excluding carboxylic acids is 3. The summed E-state index contributed by atoms with van der Waals surface area (Å²) in [7, 11) is 1.25. The van der Waals surface area contributed by atoms with Crippen LogP contribution < -0.4 is 10.6 Å². The van der Waals surface area contributed by atoms with Crippen LogP contribution in [0.1, 0.15) is 43.7 Å². The molecule has 0 aromatic heterocycles. The fraction of sp³-hybridized carbons (Fsp3) is 0.583. The van der Waals surface area contributed by atoms with Gasteiger partial charge in [-0.3, -0.25) is 9.59 Å². The molecule has 0 saturated carbocycles. The van der Waals surface area contributed by atoms with E-state index in [0.29, 0.717) is 13.1 Å². The van der Waals surface area contributed by atoms with Crippen LogP contribution >= 0.6 is 12.2 Å². The number of esters is 1. The number of likely N-dealkylation sites (tertiary alicyclic amines) is 2. The number of hydrogen-bond acceptors (Lipinski definition) is 5. The van der Waals surface area contributed by atoms with E-state index >= 15 is 0 Å². The number of methoxy groups -OCH3 is 1. The van der Waals surface area contributed by atoms with Gasteiger partial charge in [0.25, 0.3) is 0 Å². The van der Waals surface area contributed by atoms with E-state index in [4.69, 9.17) is 17.0 Å². The highest BCUT2D eigenvalue weighted by atomic mass is 32.1. The third-order valence-corrected chi connectivity index (χ3v) is 6.98. The molecule has 0 aliphatic carbocycles. The van der Waals surface area contributed by atoms with E-state index in [-0.39, 0.29) is 23.7 Å². The molecule has 1 atom stereocenters. The largest absolute Gasteiger partial charge is 0.467 e. The maximum Gasteiger partial charge on any atom is 0.328 e. The number of rotatable bonds is 5. The van der Waals surface area contributed by atoms with Crippen molar-refractivity contribution < 1.29 is 19.1 Å². The second-order valence-corrected chi connectivity index (χ2v) is 9.73. The van der Waals surface area contributed by atoms with Crippen molar-refractivity contribution in [2.45, 2.75) is 52.5 Å². The molecule has 3 rings (SSSR count). The second-order valence-electron chi connectivity index (χ2n) is 9.34. The van der Waals surface area contributed by atoms with Crippen molar-refractivity contribution in [1.29, 1.82) is 0 Å². The fourth-order valence-electron chi connectivity index (χ4n) is 4.87. The molecule has 0 unspecified atom stereocenters. The summed E-state index contributed by atoms with van der Waals surface area (Å²) in [6, 6.07) is 5.36. The van der Waals surface area contributed by atoms with E-state index in [9.17, 15) is 14.4 Å². The lowest BCUT2D eigenvalue weighted by molar-refractivity contribution is -0.147. The summed E-state index contributed by atoms with van der Waals surface area (Å²) in [6.45, 7) is 8.48. The van der Waals surface area contributed by atoms with Gasteiger partial charge in [-0.05, 0) is 74.0 Å². The first-order valence-corrected chi connectivity index (χ1v) is 11.8. The van der Waals surface area contributed by atoms with Crippen molar-refractivity contribution in [2.24, 2.45) is 5.41 Å². The predicted octanol–water partition coefficient (Wildman–Crippen LogP) is 2.38. The first kappa shape index (κ1) is 25.0. The second kappa shape index (κ2) is 10.5. The van der Waals surface area contributed by atoms with E-state index in [0.717, 1.165) is 43.2 Å². The zero-order chi connectivity index (χ0) is 24.2. The Bertz CT molecular complexity index is 907. The third kappa shape index (κ3) is 6.43. The lowest BCUT2D eigenvalue weighted by Gasteiger charge is -2.40. The van der Waals surface area contributed by atoms with Gasteiger partial charge in [0.2, 0.25) is 11.8 Å². The smallest absolute Gasteiger partial charge is 0.328 e. The molecule has 2 fully saturated rings. The van der Waals surface area contributed by atoms with Gasteiger partial charge in [-0.15, -0.1) is 0 Å². The Balaban J connectivity index is 1.52. The van der Waals surface area contributed by atoms with Gasteiger partial charge in [-0.1, -0.05) is 6.07 Å². The van der Waals surface area contributed by atoms with E-state index < -0.39 is 12.0 Å². The molecule has 1 spiro atoms. The molecule has 2 aliphatic rings. The molecule has 2 N–H and O–H groups in total. The van der Waals surface area contributed by atoms with Crippen LogP contribution in [0.2, 0.25) is 0 Å². The minimum absolute atomic E-state index is 0.0798. The highest BCUT2D eigenvalue weighted by Gasteiger charge is 2.43. The summed E-state index contributed by atoms with van der Waals surface area (Å²) >= 11 is 5.66. The molecule has 2 aliphatic heterocycles. The normalized spacial score (nSPS) is 18.1. The summed E-state index contributed by atoms with van der Waals surface area (Å²) in [5.74, 6) is -1.11. The summed E-state index contributed by atoms with van der Waals surface area (Å²) in [4.78, 5) is 40.2. The van der Waals surface area contributed by atoms with E-state index in [1.54, 1.807) is 0 Å². The Hall–Kier alpha value is -2.68. The Morgan fingerprint density at radius 2 is 1.64 bits per heavy atom. The molecule has 180 valence electrons. The van der Waals surface area contributed by atoms with Gasteiger partial charge in [0.15, 0.2) is 5.11 Å². The van der Waals surface area contributed by atoms with E-state index in [1.165, 1.54) is 25.2 Å². The molecule has 33 heavy (non-hydrogen) atoms. The van der Waals surface area contributed by atoms with Crippen LogP contribution in [0.3, 0.4) is 0 Å². The number of anilines is 1. The van der Waals surface area contributed by atoms with Crippen LogP contribution in [-0.4, -0.2) is 72.0 Å². The number of nitrogens with zero attached hydrogens (tertiary/aromatic N) is 2. The zero-order valence-electron chi connectivity index (χ0n) is 19.9. The first-order valence-electron chi connectivity index (χ1n) is 11.4. The third-order valence-electron chi connectivity index (χ3n) is 6.62. The lowest BCUT2D eigenvalue weighted by atomic mass is 9.78. The van der Waals surface area contributed by atoms with Gasteiger partial charge in [-0.2, -0.15) is 0 Å². The fourth-order valence-corrected chi connectivity index (χ4v) is 5.17. The van der Waals surface area contributed by atoms with Crippen molar-refractivity contribution in [3.63, 3.8) is 0 Å². The number of carbonyl (C=O) groups is 3. The molecular formula is C24H34N4O4S. The van der Waals surface area contributed by atoms with Crippen LogP contribution in [0.5, 0.6) is 0 Å². The zero-order valence-corrected chi connectivity index (χ0v) is 20.7. The van der Waals surface area contributed by atoms with Crippen molar-refractivity contribution in [3.05, 3.63) is 29.3 Å². The number of nitrogens with one attached hydrogen (secondary N) is 2. The highest BCUT2D eigenvalue weighted by molar-refractivity contribution is 7.80. The Morgan fingerprint density at radius 1 is 1.06 bits per heavy atom. The van der Waals surface area contributed by atoms with Gasteiger partial charge < -0.3 is 25.2 Å². The number of ether oxygens (including phenoxy) is 1. The van der Waals surface area contributed by atoms with Crippen molar-refractivity contribution >= 4 is 40.8 Å². The number of amides is 2. The standard InChI is InChI=1S/C24H34N4O4S/c1-16-11-17(2)13-19(12-16)26-23(33)27-8-5-24(6-9-27)7-10-28(15-24)21(30)14-20(22(31)32-4)25-18(3)29/h11-13,20H,5-10,14-15H2,1-4H3,(H,25,29)(H,26,33)/t20-/m0/s1. The van der Waals surface area contributed by atoms with Crippen molar-refractivity contribution in [3.8, 4) is 0 Å². The monoisotopic (exact) mass is 474 g/mol. The number of hydrogen-bond donors (Lipinski definition) is 2. The van der Waals surface area contributed by atoms with E-state index in [2.05, 4.69) is 47.6 Å². The Labute approximate surface area is 201 Å². The molecular weight excluding hydrogens is 440 g/mol. The minimum Gasteiger partial charge on any atom is -0.467 e. The van der Waals surface area contributed by atoms with Crippen LogP contribution in [0.4, 0.5) is 5.69 Å². The molecule has 9 heteroatoms. The Kier molecular flexibility index (Phi) is 7.94. The van der Waals surface area contributed by atoms with Crippen LogP contribution in [0, 0.1) is 19.3 Å². The predicted molar refractivity (Wildman–Crippen MR) is 131 cm³/mol. The molecule has 0 bridgehead atoms. The SMILES string of the molecule is COC(=O)[C@H](CC(=O)N1CCC2(CCN(C(=S)Nc3cc(C)cc(C)c3)CC2)C1)NC(C)=O. The number of thiocarbonyl (C=S) groups is 1. The number of piperidine rings is 1. The lowest BCUT2D eigenvalue weighted by Crippen LogP contribution is -2.47. The minimum atomic E-state index is -0.952. The summed E-state index contributed by atoms with van der Waals surface area (Å²) in [5, 5.41) is 6.61.